The van der Waals surface area contributed by atoms with Crippen LogP contribution in [0.2, 0.25) is 0 Å². The Morgan fingerprint density at radius 2 is 2.47 bits per heavy atom. The van der Waals surface area contributed by atoms with Gasteiger partial charge in [0.2, 0.25) is 0 Å². The molecule has 0 aromatic carbocycles. The normalized spacial score (nSPS) is 13.5. The van der Waals surface area contributed by atoms with Crippen molar-refractivity contribution in [2.75, 3.05) is 13.2 Å². The number of aliphatic hydroxyl groups excluding tert-OH is 2. The number of hydrogen-bond donors (Lipinski definition) is 3. The molecule has 0 aliphatic rings. The molecule has 0 fully saturated rings. The van der Waals surface area contributed by atoms with Crippen LogP contribution in [0.25, 0.3) is 4.96 Å². The highest BCUT2D eigenvalue weighted by molar-refractivity contribution is 7.15. The summed E-state index contributed by atoms with van der Waals surface area (Å²) >= 11 is 1.59. The molecule has 15 heavy (non-hydrogen) atoms. The average molecular weight is 227 g/mol. The van der Waals surface area contributed by atoms with Crippen LogP contribution in [0, 0.1) is 0 Å². The standard InChI is InChI=1S/C9H13N3O2S/c13-6-8(14)4-10-3-7-5-12-1-2-15-9(12)11-7/h1-2,5,8,10,13-14H,3-4,6H2. The largest absolute Gasteiger partial charge is 0.394 e. The summed E-state index contributed by atoms with van der Waals surface area (Å²) < 4.78 is 1.96. The number of fused-ring (bicyclic) bond motifs is 1. The molecule has 0 amide bonds. The number of rotatable bonds is 5. The zero-order valence-corrected chi connectivity index (χ0v) is 8.94. The van der Waals surface area contributed by atoms with Gasteiger partial charge < -0.3 is 15.5 Å². The number of aromatic nitrogens is 2. The average Bonchev–Trinajstić information content (AvgIpc) is 2.77. The van der Waals surface area contributed by atoms with Gasteiger partial charge in [-0.05, 0) is 0 Å². The molecule has 0 saturated carbocycles. The Balaban J connectivity index is 1.87. The predicted octanol–water partition coefficient (Wildman–Crippen LogP) is -0.161. The van der Waals surface area contributed by atoms with Crippen LogP contribution in [0.5, 0.6) is 0 Å². The summed E-state index contributed by atoms with van der Waals surface area (Å²) in [5.41, 5.74) is 0.937. The van der Waals surface area contributed by atoms with Crippen molar-refractivity contribution < 1.29 is 10.2 Å². The van der Waals surface area contributed by atoms with E-state index in [-0.39, 0.29) is 6.61 Å². The summed E-state index contributed by atoms with van der Waals surface area (Å²) in [5.74, 6) is 0. The van der Waals surface area contributed by atoms with E-state index in [0.717, 1.165) is 10.7 Å². The second kappa shape index (κ2) is 4.71. The van der Waals surface area contributed by atoms with Crippen molar-refractivity contribution in [2.24, 2.45) is 0 Å². The number of nitrogens with one attached hydrogen (secondary N) is 1. The number of imidazole rings is 1. The lowest BCUT2D eigenvalue weighted by molar-refractivity contribution is 0.0941. The summed E-state index contributed by atoms with van der Waals surface area (Å²) in [4.78, 5) is 5.34. The third kappa shape index (κ3) is 2.54. The van der Waals surface area contributed by atoms with E-state index in [2.05, 4.69) is 10.3 Å². The molecule has 0 bridgehead atoms. The van der Waals surface area contributed by atoms with Crippen molar-refractivity contribution in [2.45, 2.75) is 12.6 Å². The lowest BCUT2D eigenvalue weighted by atomic mass is 10.3. The minimum Gasteiger partial charge on any atom is -0.394 e. The van der Waals surface area contributed by atoms with Crippen LogP contribution in [0.4, 0.5) is 0 Å². The van der Waals surface area contributed by atoms with E-state index in [0.29, 0.717) is 13.1 Å². The minimum atomic E-state index is -0.700. The fraction of sp³-hybridized carbons (Fsp3) is 0.444. The highest BCUT2D eigenvalue weighted by Gasteiger charge is 2.04. The molecule has 1 unspecified atom stereocenters. The number of nitrogens with zero attached hydrogens (tertiary/aromatic N) is 2. The third-order valence-corrected chi connectivity index (χ3v) is 2.81. The Bertz CT molecular complexity index is 397. The van der Waals surface area contributed by atoms with Gasteiger partial charge in [-0.1, -0.05) is 0 Å². The first kappa shape index (κ1) is 10.6. The molecule has 0 radical (unpaired) electrons. The van der Waals surface area contributed by atoms with Gasteiger partial charge in [0.15, 0.2) is 4.96 Å². The van der Waals surface area contributed by atoms with Crippen molar-refractivity contribution >= 4 is 16.3 Å². The molecule has 1 atom stereocenters. The summed E-state index contributed by atoms with van der Waals surface area (Å²) in [5, 5.41) is 22.7. The zero-order chi connectivity index (χ0) is 10.7. The van der Waals surface area contributed by atoms with Gasteiger partial charge in [0.05, 0.1) is 18.4 Å². The van der Waals surface area contributed by atoms with Gasteiger partial charge in [-0.2, -0.15) is 0 Å². The molecule has 5 nitrogen and oxygen atoms in total. The lowest BCUT2D eigenvalue weighted by Crippen LogP contribution is -2.29. The molecule has 2 aromatic heterocycles. The van der Waals surface area contributed by atoms with Crippen LogP contribution >= 0.6 is 11.3 Å². The molecule has 0 aliphatic carbocycles. The second-order valence-corrected chi connectivity index (χ2v) is 4.17. The van der Waals surface area contributed by atoms with Crippen LogP contribution in [-0.2, 0) is 6.54 Å². The van der Waals surface area contributed by atoms with E-state index >= 15 is 0 Å². The molecule has 0 spiro atoms. The summed E-state index contributed by atoms with van der Waals surface area (Å²) in [6.07, 6.45) is 3.21. The van der Waals surface area contributed by atoms with E-state index in [4.69, 9.17) is 10.2 Å². The highest BCUT2D eigenvalue weighted by Crippen LogP contribution is 2.10. The zero-order valence-electron chi connectivity index (χ0n) is 8.13. The van der Waals surface area contributed by atoms with E-state index in [1.165, 1.54) is 0 Å². The summed E-state index contributed by atoms with van der Waals surface area (Å²) in [6, 6.07) is 0. The Hall–Kier alpha value is -0.950. The van der Waals surface area contributed by atoms with Gasteiger partial charge >= 0.3 is 0 Å². The maximum atomic E-state index is 9.10. The topological polar surface area (TPSA) is 69.8 Å². The van der Waals surface area contributed by atoms with Crippen LogP contribution < -0.4 is 5.32 Å². The van der Waals surface area contributed by atoms with Crippen molar-refractivity contribution in [3.8, 4) is 0 Å². The van der Waals surface area contributed by atoms with Gasteiger partial charge in [-0.25, -0.2) is 4.98 Å². The molecular weight excluding hydrogens is 214 g/mol. The van der Waals surface area contributed by atoms with Gasteiger partial charge in [0, 0.05) is 30.9 Å². The first-order valence-electron chi connectivity index (χ1n) is 4.70. The Labute approximate surface area is 91.0 Å². The van der Waals surface area contributed by atoms with Crippen molar-refractivity contribution in [3.63, 3.8) is 0 Å². The molecule has 0 saturated heterocycles. The predicted molar refractivity (Wildman–Crippen MR) is 57.9 cm³/mol. The van der Waals surface area contributed by atoms with Gasteiger partial charge in [0.25, 0.3) is 0 Å². The quantitative estimate of drug-likeness (QED) is 0.664. The van der Waals surface area contributed by atoms with Crippen molar-refractivity contribution in [1.29, 1.82) is 0 Å². The Morgan fingerprint density at radius 3 is 3.20 bits per heavy atom. The summed E-state index contributed by atoms with van der Waals surface area (Å²) in [6.45, 7) is 0.762. The van der Waals surface area contributed by atoms with Gasteiger partial charge in [-0.15, -0.1) is 11.3 Å². The SMILES string of the molecule is OCC(O)CNCc1cn2ccsc2n1. The fourth-order valence-corrected chi connectivity index (χ4v) is 2.01. The van der Waals surface area contributed by atoms with Gasteiger partial charge in [-0.3, -0.25) is 4.40 Å². The lowest BCUT2D eigenvalue weighted by Gasteiger charge is -2.06. The number of hydrogen-bond acceptors (Lipinski definition) is 5. The molecule has 0 aliphatic heterocycles. The van der Waals surface area contributed by atoms with Crippen LogP contribution in [0.1, 0.15) is 5.69 Å². The molecule has 6 heteroatoms. The minimum absolute atomic E-state index is 0.217. The van der Waals surface area contributed by atoms with E-state index in [1.807, 2.05) is 22.2 Å². The second-order valence-electron chi connectivity index (χ2n) is 3.29. The van der Waals surface area contributed by atoms with Crippen LogP contribution in [0.15, 0.2) is 17.8 Å². The maximum absolute atomic E-state index is 9.10. The van der Waals surface area contributed by atoms with E-state index < -0.39 is 6.10 Å². The smallest absolute Gasteiger partial charge is 0.193 e. The number of aliphatic hydroxyl groups is 2. The molecule has 2 heterocycles. The molecule has 3 N–H and O–H groups in total. The summed E-state index contributed by atoms with van der Waals surface area (Å²) in [7, 11) is 0. The monoisotopic (exact) mass is 227 g/mol. The molecular formula is C9H13N3O2S. The molecule has 2 aromatic rings. The van der Waals surface area contributed by atoms with E-state index in [1.54, 1.807) is 11.3 Å². The van der Waals surface area contributed by atoms with Crippen molar-refractivity contribution in [1.82, 2.24) is 14.7 Å². The van der Waals surface area contributed by atoms with Gasteiger partial charge in [0.1, 0.15) is 0 Å². The van der Waals surface area contributed by atoms with Crippen LogP contribution in [0.3, 0.4) is 0 Å². The van der Waals surface area contributed by atoms with Crippen molar-refractivity contribution in [3.05, 3.63) is 23.5 Å². The highest BCUT2D eigenvalue weighted by atomic mass is 32.1. The molecule has 2 rings (SSSR count). The van der Waals surface area contributed by atoms with E-state index in [9.17, 15) is 0 Å². The first-order chi connectivity index (χ1) is 7.29. The molecule has 82 valence electrons. The third-order valence-electron chi connectivity index (χ3n) is 2.04. The fourth-order valence-electron chi connectivity index (χ4n) is 1.29. The van der Waals surface area contributed by atoms with Crippen LogP contribution in [-0.4, -0.2) is 38.9 Å². The maximum Gasteiger partial charge on any atom is 0.193 e. The number of thiazole rings is 1. The first-order valence-corrected chi connectivity index (χ1v) is 5.58. The Kier molecular flexibility index (Phi) is 3.32. The Morgan fingerprint density at radius 1 is 1.60 bits per heavy atom.